The molecule has 0 aliphatic heterocycles. The molecule has 0 saturated heterocycles. The molecule has 0 atom stereocenters. The maximum Gasteiger partial charge on any atom is 0.166 e. The van der Waals surface area contributed by atoms with Crippen LogP contribution in [0.15, 0.2) is 36.5 Å². The van der Waals surface area contributed by atoms with E-state index in [0.29, 0.717) is 16.2 Å². The van der Waals surface area contributed by atoms with Gasteiger partial charge in [-0.25, -0.2) is 0 Å². The average molecular weight is 353 g/mol. The van der Waals surface area contributed by atoms with Gasteiger partial charge in [0, 0.05) is 16.8 Å². The van der Waals surface area contributed by atoms with Crippen molar-refractivity contribution in [2.75, 3.05) is 0 Å². The Bertz CT molecular complexity index is 1020. The fourth-order valence-corrected chi connectivity index (χ4v) is 3.66. The number of aliphatic hydroxyl groups is 1. The summed E-state index contributed by atoms with van der Waals surface area (Å²) in [6.07, 6.45) is 3.70. The van der Waals surface area contributed by atoms with E-state index in [-0.39, 0.29) is 5.41 Å². The molecular formula is C19H17ClN4O. The highest BCUT2D eigenvalue weighted by atomic mass is 35.5. The van der Waals surface area contributed by atoms with E-state index >= 15 is 0 Å². The highest BCUT2D eigenvalue weighted by Gasteiger charge is 2.51. The Balaban J connectivity index is 1.93. The molecular weight excluding hydrogens is 336 g/mol. The Morgan fingerprint density at radius 2 is 2.04 bits per heavy atom. The molecule has 2 heterocycles. The summed E-state index contributed by atoms with van der Waals surface area (Å²) >= 11 is 6.04. The first-order valence-electron chi connectivity index (χ1n) is 8.14. The first-order valence-corrected chi connectivity index (χ1v) is 8.52. The second-order valence-corrected chi connectivity index (χ2v) is 7.52. The normalized spacial score (nSPS) is 16.0. The highest BCUT2D eigenvalue weighted by molar-refractivity contribution is 6.30. The first kappa shape index (κ1) is 16.1. The number of nitrogens with zero attached hydrogens (tertiary/aromatic N) is 4. The van der Waals surface area contributed by atoms with Crippen LogP contribution in [-0.2, 0) is 11.0 Å². The van der Waals surface area contributed by atoms with Crippen LogP contribution < -0.4 is 0 Å². The van der Waals surface area contributed by atoms with Crippen LogP contribution in [0.5, 0.6) is 0 Å². The number of hydrogen-bond donors (Lipinski definition) is 1. The molecule has 0 spiro atoms. The van der Waals surface area contributed by atoms with Crippen LogP contribution in [0.4, 0.5) is 0 Å². The lowest BCUT2D eigenvalue weighted by atomic mass is 9.90. The van der Waals surface area contributed by atoms with Crippen molar-refractivity contribution in [2.24, 2.45) is 0 Å². The van der Waals surface area contributed by atoms with Crippen molar-refractivity contribution >= 4 is 17.2 Å². The Morgan fingerprint density at radius 3 is 2.68 bits per heavy atom. The third-order valence-electron chi connectivity index (χ3n) is 4.89. The molecule has 1 N–H and O–H groups in total. The predicted octanol–water partition coefficient (Wildman–Crippen LogP) is 3.56. The zero-order valence-corrected chi connectivity index (χ0v) is 14.7. The van der Waals surface area contributed by atoms with Crippen LogP contribution in [0.3, 0.4) is 0 Å². The maximum atomic E-state index is 10.4. The largest absolute Gasteiger partial charge is 0.386 e. The molecule has 0 radical (unpaired) electrons. The van der Waals surface area contributed by atoms with Gasteiger partial charge in [0.05, 0.1) is 22.6 Å². The van der Waals surface area contributed by atoms with Crippen molar-refractivity contribution in [3.63, 3.8) is 0 Å². The van der Waals surface area contributed by atoms with Crippen molar-refractivity contribution in [2.45, 2.75) is 37.7 Å². The molecule has 1 aliphatic carbocycles. The van der Waals surface area contributed by atoms with Crippen LogP contribution in [0.25, 0.3) is 5.65 Å². The zero-order valence-electron chi connectivity index (χ0n) is 14.0. The number of nitriles is 1. The Kier molecular flexibility index (Phi) is 3.40. The van der Waals surface area contributed by atoms with Gasteiger partial charge in [-0.1, -0.05) is 23.7 Å². The first-order chi connectivity index (χ1) is 11.9. The van der Waals surface area contributed by atoms with Crippen molar-refractivity contribution in [1.29, 1.82) is 5.26 Å². The van der Waals surface area contributed by atoms with Crippen molar-refractivity contribution in [1.82, 2.24) is 14.6 Å². The number of pyridine rings is 1. The molecule has 0 unspecified atom stereocenters. The minimum atomic E-state index is -1.01. The number of benzene rings is 1. The van der Waals surface area contributed by atoms with Gasteiger partial charge >= 0.3 is 0 Å². The SMILES string of the molecule is CC(C)(O)c1cccn2c(C3(c4ccc(Cl)cc4C#N)CC3)nnc12. The van der Waals surface area contributed by atoms with E-state index in [4.69, 9.17) is 11.6 Å². The van der Waals surface area contributed by atoms with Crippen LogP contribution in [0, 0.1) is 11.3 Å². The van der Waals surface area contributed by atoms with Crippen LogP contribution in [0.2, 0.25) is 5.02 Å². The third-order valence-corrected chi connectivity index (χ3v) is 5.12. The second-order valence-electron chi connectivity index (χ2n) is 7.08. The maximum absolute atomic E-state index is 10.4. The highest BCUT2D eigenvalue weighted by Crippen LogP contribution is 2.54. The van der Waals surface area contributed by atoms with Crippen molar-refractivity contribution in [3.05, 3.63) is 64.1 Å². The quantitative estimate of drug-likeness (QED) is 0.782. The summed E-state index contributed by atoms with van der Waals surface area (Å²) in [5, 5.41) is 29.2. The molecule has 5 nitrogen and oxygen atoms in total. The fraction of sp³-hybridized carbons (Fsp3) is 0.316. The van der Waals surface area contributed by atoms with E-state index in [1.165, 1.54) is 0 Å². The van der Waals surface area contributed by atoms with Crippen LogP contribution in [0.1, 0.15) is 49.2 Å². The second kappa shape index (κ2) is 5.29. The van der Waals surface area contributed by atoms with Gasteiger partial charge in [-0.3, -0.25) is 4.40 Å². The minimum Gasteiger partial charge on any atom is -0.386 e. The lowest BCUT2D eigenvalue weighted by molar-refractivity contribution is 0.0796. The smallest absolute Gasteiger partial charge is 0.166 e. The molecule has 3 aromatic rings. The van der Waals surface area contributed by atoms with E-state index in [1.54, 1.807) is 19.9 Å². The van der Waals surface area contributed by atoms with Gasteiger partial charge in [-0.2, -0.15) is 5.26 Å². The van der Waals surface area contributed by atoms with Crippen molar-refractivity contribution in [3.8, 4) is 6.07 Å². The topological polar surface area (TPSA) is 74.2 Å². The number of aromatic nitrogens is 3. The van der Waals surface area contributed by atoms with E-state index in [9.17, 15) is 10.4 Å². The summed E-state index contributed by atoms with van der Waals surface area (Å²) in [4.78, 5) is 0. The zero-order chi connectivity index (χ0) is 17.8. The third kappa shape index (κ3) is 2.41. The molecule has 126 valence electrons. The number of halogens is 1. The number of hydrogen-bond acceptors (Lipinski definition) is 4. The van der Waals surface area contributed by atoms with Crippen LogP contribution >= 0.6 is 11.6 Å². The summed E-state index contributed by atoms with van der Waals surface area (Å²) in [5.74, 6) is 0.799. The molecule has 2 aromatic heterocycles. The summed E-state index contributed by atoms with van der Waals surface area (Å²) in [7, 11) is 0. The Hall–Kier alpha value is -2.42. The number of fused-ring (bicyclic) bond motifs is 1. The van der Waals surface area contributed by atoms with Crippen molar-refractivity contribution < 1.29 is 5.11 Å². The molecule has 25 heavy (non-hydrogen) atoms. The van der Waals surface area contributed by atoms with Gasteiger partial charge in [-0.15, -0.1) is 10.2 Å². The molecule has 0 bridgehead atoms. The van der Waals surface area contributed by atoms with Gasteiger partial charge in [0.2, 0.25) is 0 Å². The Morgan fingerprint density at radius 1 is 1.28 bits per heavy atom. The molecule has 1 aromatic carbocycles. The predicted molar refractivity (Wildman–Crippen MR) is 94.4 cm³/mol. The van der Waals surface area contributed by atoms with E-state index in [0.717, 1.165) is 29.8 Å². The molecule has 1 fully saturated rings. The van der Waals surface area contributed by atoms with Gasteiger partial charge in [-0.05, 0) is 50.5 Å². The fourth-order valence-electron chi connectivity index (χ4n) is 3.48. The summed E-state index contributed by atoms with van der Waals surface area (Å²) in [6.45, 7) is 3.47. The molecule has 6 heteroatoms. The Labute approximate surface area is 150 Å². The van der Waals surface area contributed by atoms with E-state index in [1.807, 2.05) is 34.9 Å². The lowest BCUT2D eigenvalue weighted by Gasteiger charge is -2.19. The van der Waals surface area contributed by atoms with Gasteiger partial charge < -0.3 is 5.11 Å². The monoisotopic (exact) mass is 352 g/mol. The molecule has 1 aliphatic rings. The molecule has 1 saturated carbocycles. The van der Waals surface area contributed by atoms with E-state index < -0.39 is 5.60 Å². The standard InChI is InChI=1S/C19H17ClN4O/c1-18(2,25)15-4-3-9-24-16(15)22-23-17(24)19(7-8-19)14-6-5-13(20)10-12(14)11-21/h3-6,9-10,25H,7-8H2,1-2H3. The van der Waals surface area contributed by atoms with Gasteiger partial charge in [0.1, 0.15) is 5.82 Å². The van der Waals surface area contributed by atoms with E-state index in [2.05, 4.69) is 16.3 Å². The summed E-state index contributed by atoms with van der Waals surface area (Å²) < 4.78 is 1.93. The van der Waals surface area contributed by atoms with Gasteiger partial charge in [0.15, 0.2) is 5.65 Å². The minimum absolute atomic E-state index is 0.326. The van der Waals surface area contributed by atoms with Crippen LogP contribution in [-0.4, -0.2) is 19.7 Å². The molecule has 4 rings (SSSR count). The summed E-state index contributed by atoms with van der Waals surface area (Å²) in [6, 6.07) is 11.4. The lowest BCUT2D eigenvalue weighted by Crippen LogP contribution is -2.18. The molecule has 0 amide bonds. The average Bonchev–Trinajstić information content (AvgIpc) is 3.25. The van der Waals surface area contributed by atoms with Gasteiger partial charge in [0.25, 0.3) is 0 Å². The summed E-state index contributed by atoms with van der Waals surface area (Å²) in [5.41, 5.74) is 1.53. The number of rotatable bonds is 3.